The number of hydrogen-bond donors (Lipinski definition) is 1. The number of nitrogens with zero attached hydrogens (tertiary/aromatic N) is 1. The van der Waals surface area contributed by atoms with E-state index < -0.39 is 0 Å². The number of benzene rings is 1. The molecule has 2 atom stereocenters. The van der Waals surface area contributed by atoms with Crippen LogP contribution in [-0.4, -0.2) is 30.4 Å². The number of likely N-dealkylation sites (N-methyl/N-ethyl adjacent to an activating group) is 1. The van der Waals surface area contributed by atoms with Crippen LogP contribution in [0.5, 0.6) is 0 Å². The maximum absolute atomic E-state index is 11.9. The molecule has 0 spiro atoms. The van der Waals surface area contributed by atoms with Crippen LogP contribution in [0.4, 0.5) is 0 Å². The molecule has 1 aromatic carbocycles. The van der Waals surface area contributed by atoms with Crippen LogP contribution in [0.3, 0.4) is 0 Å². The zero-order valence-corrected chi connectivity index (χ0v) is 10.1. The highest BCUT2D eigenvalue weighted by molar-refractivity contribution is 5.83. The van der Waals surface area contributed by atoms with E-state index in [-0.39, 0.29) is 11.9 Å². The summed E-state index contributed by atoms with van der Waals surface area (Å²) in [5.41, 5.74) is 2.82. The minimum Gasteiger partial charge on any atom is -0.344 e. The zero-order valence-electron chi connectivity index (χ0n) is 10.1. The van der Waals surface area contributed by atoms with Crippen LogP contribution in [0, 0.1) is 0 Å². The Bertz CT molecular complexity index is 444. The fourth-order valence-electron chi connectivity index (χ4n) is 2.95. The van der Waals surface area contributed by atoms with Crippen molar-refractivity contribution in [3.05, 3.63) is 35.4 Å². The normalized spacial score (nSPS) is 27.6. The number of hydrogen-bond acceptors (Lipinski definition) is 2. The Hall–Kier alpha value is -1.35. The van der Waals surface area contributed by atoms with Gasteiger partial charge < -0.3 is 4.90 Å². The first-order chi connectivity index (χ1) is 8.25. The number of aryl methyl sites for hydroxylation is 1. The summed E-state index contributed by atoms with van der Waals surface area (Å²) in [6.07, 6.45) is 3.19. The summed E-state index contributed by atoms with van der Waals surface area (Å²) in [7, 11) is 1.88. The van der Waals surface area contributed by atoms with Crippen LogP contribution >= 0.6 is 0 Å². The molecule has 2 unspecified atom stereocenters. The maximum Gasteiger partial charge on any atom is 0.239 e. The Morgan fingerprint density at radius 3 is 2.82 bits per heavy atom. The Morgan fingerprint density at radius 2 is 2.06 bits per heavy atom. The second-order valence-corrected chi connectivity index (χ2v) is 5.06. The number of amides is 1. The van der Waals surface area contributed by atoms with Crippen molar-refractivity contribution in [2.24, 2.45) is 0 Å². The van der Waals surface area contributed by atoms with Gasteiger partial charge in [-0.2, -0.15) is 0 Å². The lowest BCUT2D eigenvalue weighted by Gasteiger charge is -2.18. The van der Waals surface area contributed by atoms with E-state index in [4.69, 9.17) is 0 Å². The molecule has 1 saturated heterocycles. The van der Waals surface area contributed by atoms with Crippen molar-refractivity contribution in [1.82, 2.24) is 10.2 Å². The molecular weight excluding hydrogens is 212 g/mol. The van der Waals surface area contributed by atoms with Gasteiger partial charge >= 0.3 is 0 Å². The summed E-state index contributed by atoms with van der Waals surface area (Å²) in [6.45, 7) is 0.880. The van der Waals surface area contributed by atoms with Crippen molar-refractivity contribution in [2.45, 2.75) is 31.3 Å². The molecule has 2 aliphatic rings. The quantitative estimate of drug-likeness (QED) is 0.835. The molecule has 1 N–H and O–H groups in total. The summed E-state index contributed by atoms with van der Waals surface area (Å²) < 4.78 is 0. The second-order valence-electron chi connectivity index (χ2n) is 5.06. The highest BCUT2D eigenvalue weighted by Crippen LogP contribution is 2.31. The molecule has 0 bridgehead atoms. The molecule has 17 heavy (non-hydrogen) atoms. The largest absolute Gasteiger partial charge is 0.344 e. The van der Waals surface area contributed by atoms with Crippen molar-refractivity contribution in [3.8, 4) is 0 Å². The van der Waals surface area contributed by atoms with E-state index in [2.05, 4.69) is 29.6 Å². The Morgan fingerprint density at radius 1 is 1.24 bits per heavy atom. The van der Waals surface area contributed by atoms with Crippen molar-refractivity contribution in [3.63, 3.8) is 0 Å². The summed E-state index contributed by atoms with van der Waals surface area (Å²) in [4.78, 5) is 13.7. The predicted molar refractivity (Wildman–Crippen MR) is 66.7 cm³/mol. The maximum atomic E-state index is 11.9. The second kappa shape index (κ2) is 4.15. The van der Waals surface area contributed by atoms with E-state index in [1.807, 2.05) is 11.9 Å². The van der Waals surface area contributed by atoms with Crippen LogP contribution < -0.4 is 5.32 Å². The smallest absolute Gasteiger partial charge is 0.239 e. The van der Waals surface area contributed by atoms with E-state index in [0.717, 1.165) is 25.8 Å². The fourth-order valence-corrected chi connectivity index (χ4v) is 2.95. The van der Waals surface area contributed by atoms with Crippen LogP contribution in [-0.2, 0) is 11.2 Å². The molecule has 0 saturated carbocycles. The predicted octanol–water partition coefficient (Wildman–Crippen LogP) is 1.49. The van der Waals surface area contributed by atoms with Gasteiger partial charge in [0.25, 0.3) is 0 Å². The highest BCUT2D eigenvalue weighted by Gasteiger charge is 2.32. The SMILES string of the molecule is CN1CCC(NC2CCc3ccccc32)C1=O. The number of carbonyl (C=O) groups is 1. The van der Waals surface area contributed by atoms with Crippen molar-refractivity contribution < 1.29 is 4.79 Å². The van der Waals surface area contributed by atoms with Gasteiger partial charge in [0.05, 0.1) is 6.04 Å². The molecule has 1 fully saturated rings. The van der Waals surface area contributed by atoms with Gasteiger partial charge in [0.1, 0.15) is 0 Å². The molecule has 90 valence electrons. The first-order valence-electron chi connectivity index (χ1n) is 6.34. The molecule has 1 aromatic rings. The first-order valence-corrected chi connectivity index (χ1v) is 6.34. The fraction of sp³-hybridized carbons (Fsp3) is 0.500. The number of nitrogens with one attached hydrogen (secondary N) is 1. The molecule has 1 heterocycles. The van der Waals surface area contributed by atoms with Crippen LogP contribution in [0.15, 0.2) is 24.3 Å². The zero-order chi connectivity index (χ0) is 11.8. The van der Waals surface area contributed by atoms with Gasteiger partial charge in [-0.25, -0.2) is 0 Å². The van der Waals surface area contributed by atoms with Gasteiger partial charge in [-0.15, -0.1) is 0 Å². The Balaban J connectivity index is 1.74. The number of rotatable bonds is 2. The molecule has 0 radical (unpaired) electrons. The van der Waals surface area contributed by atoms with E-state index in [0.29, 0.717) is 6.04 Å². The highest BCUT2D eigenvalue weighted by atomic mass is 16.2. The minimum absolute atomic E-state index is 0.0242. The molecule has 3 heteroatoms. The average Bonchev–Trinajstić information content (AvgIpc) is 2.89. The van der Waals surface area contributed by atoms with Crippen LogP contribution in [0.25, 0.3) is 0 Å². The van der Waals surface area contributed by atoms with Gasteiger partial charge in [0.2, 0.25) is 5.91 Å². The van der Waals surface area contributed by atoms with Gasteiger partial charge in [0.15, 0.2) is 0 Å². The lowest BCUT2D eigenvalue weighted by Crippen LogP contribution is -2.38. The molecule has 1 amide bonds. The molecule has 1 aliphatic carbocycles. The third-order valence-corrected chi connectivity index (χ3v) is 3.96. The van der Waals surface area contributed by atoms with Gasteiger partial charge in [-0.3, -0.25) is 10.1 Å². The molecule has 3 rings (SSSR count). The average molecular weight is 230 g/mol. The van der Waals surface area contributed by atoms with Gasteiger partial charge in [0, 0.05) is 19.6 Å². The summed E-state index contributed by atoms with van der Waals surface area (Å²) in [6, 6.07) is 8.95. The number of likely N-dealkylation sites (tertiary alicyclic amines) is 1. The van der Waals surface area contributed by atoms with Crippen LogP contribution in [0.2, 0.25) is 0 Å². The van der Waals surface area contributed by atoms with Crippen molar-refractivity contribution >= 4 is 5.91 Å². The molecule has 1 aliphatic heterocycles. The van der Waals surface area contributed by atoms with E-state index in [1.165, 1.54) is 11.1 Å². The third-order valence-electron chi connectivity index (χ3n) is 3.96. The van der Waals surface area contributed by atoms with Crippen LogP contribution in [0.1, 0.15) is 30.0 Å². The number of fused-ring (bicyclic) bond motifs is 1. The lowest BCUT2D eigenvalue weighted by molar-refractivity contribution is -0.128. The summed E-state index contributed by atoms with van der Waals surface area (Å²) in [5, 5.41) is 3.52. The summed E-state index contributed by atoms with van der Waals surface area (Å²) >= 11 is 0. The molecule has 3 nitrogen and oxygen atoms in total. The van der Waals surface area contributed by atoms with E-state index in [9.17, 15) is 4.79 Å². The van der Waals surface area contributed by atoms with Gasteiger partial charge in [-0.05, 0) is 30.4 Å². The minimum atomic E-state index is 0.0242. The third kappa shape index (κ3) is 1.84. The summed E-state index contributed by atoms with van der Waals surface area (Å²) in [5.74, 6) is 0.245. The monoisotopic (exact) mass is 230 g/mol. The molecular formula is C14H18N2O. The standard InChI is InChI=1S/C14H18N2O/c1-16-9-8-13(14(16)17)15-12-7-6-10-4-2-3-5-11(10)12/h2-5,12-13,15H,6-9H2,1H3. The Kier molecular flexibility index (Phi) is 2.63. The van der Waals surface area contributed by atoms with Crippen molar-refractivity contribution in [2.75, 3.05) is 13.6 Å². The lowest BCUT2D eigenvalue weighted by atomic mass is 10.1. The topological polar surface area (TPSA) is 32.3 Å². The van der Waals surface area contributed by atoms with E-state index in [1.54, 1.807) is 0 Å². The van der Waals surface area contributed by atoms with Crippen molar-refractivity contribution in [1.29, 1.82) is 0 Å². The van der Waals surface area contributed by atoms with Gasteiger partial charge in [-0.1, -0.05) is 24.3 Å². The molecule has 0 aromatic heterocycles. The number of carbonyl (C=O) groups excluding carboxylic acids is 1. The Labute approximate surface area is 102 Å². The van der Waals surface area contributed by atoms with E-state index >= 15 is 0 Å². The first kappa shape index (κ1) is 10.8.